The third kappa shape index (κ3) is 3.04. The molecule has 1 aromatic carbocycles. The van der Waals surface area contributed by atoms with Crippen LogP contribution in [-0.2, 0) is 6.54 Å². The smallest absolute Gasteiger partial charge is 0.387 e. The summed E-state index contributed by atoms with van der Waals surface area (Å²) in [4.78, 5) is 4.22. The van der Waals surface area contributed by atoms with Crippen molar-refractivity contribution in [2.45, 2.75) is 13.2 Å². The summed E-state index contributed by atoms with van der Waals surface area (Å²) in [5, 5.41) is 2.94. The van der Waals surface area contributed by atoms with E-state index in [0.717, 1.165) is 5.69 Å². The van der Waals surface area contributed by atoms with E-state index in [-0.39, 0.29) is 5.75 Å². The lowest BCUT2D eigenvalue weighted by Crippen LogP contribution is -2.04. The van der Waals surface area contributed by atoms with Crippen LogP contribution in [0.3, 0.4) is 0 Å². The standard InChI is InChI=1S/C12H12F2N2O2/c1-15-6-9-7-17-11(16-9)8-3-2-4-10(5-8)18-12(13)14/h2-5,7,12,15H,6H2,1H3. The zero-order valence-corrected chi connectivity index (χ0v) is 9.69. The Hall–Kier alpha value is -1.95. The van der Waals surface area contributed by atoms with E-state index in [0.29, 0.717) is 18.0 Å². The van der Waals surface area contributed by atoms with Gasteiger partial charge < -0.3 is 14.5 Å². The van der Waals surface area contributed by atoms with Crippen molar-refractivity contribution in [1.82, 2.24) is 10.3 Å². The summed E-state index contributed by atoms with van der Waals surface area (Å²) in [6.07, 6.45) is 1.52. The fourth-order valence-corrected chi connectivity index (χ4v) is 1.51. The Morgan fingerprint density at radius 3 is 3.00 bits per heavy atom. The fourth-order valence-electron chi connectivity index (χ4n) is 1.51. The van der Waals surface area contributed by atoms with Crippen molar-refractivity contribution >= 4 is 0 Å². The number of alkyl halides is 2. The first kappa shape index (κ1) is 12.5. The number of hydrogen-bond acceptors (Lipinski definition) is 4. The Morgan fingerprint density at radius 2 is 2.28 bits per heavy atom. The highest BCUT2D eigenvalue weighted by atomic mass is 19.3. The van der Waals surface area contributed by atoms with Gasteiger partial charge in [0.1, 0.15) is 12.0 Å². The molecule has 0 bridgehead atoms. The lowest BCUT2D eigenvalue weighted by atomic mass is 10.2. The molecule has 0 amide bonds. The molecule has 0 aliphatic carbocycles. The number of nitrogens with one attached hydrogen (secondary N) is 1. The third-order valence-corrected chi connectivity index (χ3v) is 2.22. The normalized spacial score (nSPS) is 10.9. The lowest BCUT2D eigenvalue weighted by Gasteiger charge is -2.04. The maximum absolute atomic E-state index is 12.1. The summed E-state index contributed by atoms with van der Waals surface area (Å²) in [6.45, 7) is -2.26. The molecule has 96 valence electrons. The Labute approximate surface area is 103 Å². The topological polar surface area (TPSA) is 47.3 Å². The van der Waals surface area contributed by atoms with Crippen LogP contribution in [0.2, 0.25) is 0 Å². The minimum absolute atomic E-state index is 0.0795. The van der Waals surface area contributed by atoms with E-state index in [9.17, 15) is 8.78 Å². The van der Waals surface area contributed by atoms with E-state index >= 15 is 0 Å². The van der Waals surface area contributed by atoms with Crippen LogP contribution in [0.1, 0.15) is 5.69 Å². The molecule has 0 atom stereocenters. The molecular weight excluding hydrogens is 242 g/mol. The van der Waals surface area contributed by atoms with E-state index in [1.807, 2.05) is 0 Å². The van der Waals surface area contributed by atoms with Crippen molar-refractivity contribution in [3.63, 3.8) is 0 Å². The Kier molecular flexibility index (Phi) is 3.88. The molecule has 1 heterocycles. The number of aromatic nitrogens is 1. The third-order valence-electron chi connectivity index (χ3n) is 2.22. The van der Waals surface area contributed by atoms with Gasteiger partial charge in [-0.15, -0.1) is 0 Å². The van der Waals surface area contributed by atoms with E-state index < -0.39 is 6.61 Å². The molecule has 0 spiro atoms. The molecule has 0 saturated heterocycles. The second-order valence-electron chi connectivity index (χ2n) is 3.58. The van der Waals surface area contributed by atoms with Crippen molar-refractivity contribution in [2.75, 3.05) is 7.05 Å². The van der Waals surface area contributed by atoms with Gasteiger partial charge >= 0.3 is 6.61 Å². The molecule has 0 radical (unpaired) electrons. The molecule has 6 heteroatoms. The van der Waals surface area contributed by atoms with Gasteiger partial charge in [-0.05, 0) is 25.2 Å². The summed E-state index contributed by atoms with van der Waals surface area (Å²) < 4.78 is 33.8. The van der Waals surface area contributed by atoms with Crippen molar-refractivity contribution in [3.8, 4) is 17.2 Å². The average molecular weight is 254 g/mol. The summed E-state index contributed by atoms with van der Waals surface area (Å²) in [5.74, 6) is 0.454. The molecule has 0 aliphatic rings. The van der Waals surface area contributed by atoms with Crippen LogP contribution in [0.5, 0.6) is 5.75 Å². The summed E-state index contributed by atoms with van der Waals surface area (Å²) >= 11 is 0. The van der Waals surface area contributed by atoms with Crippen LogP contribution in [-0.4, -0.2) is 18.6 Å². The lowest BCUT2D eigenvalue weighted by molar-refractivity contribution is -0.0498. The first-order valence-corrected chi connectivity index (χ1v) is 5.33. The first-order valence-electron chi connectivity index (χ1n) is 5.33. The van der Waals surface area contributed by atoms with Gasteiger partial charge in [0.15, 0.2) is 0 Å². The van der Waals surface area contributed by atoms with Crippen molar-refractivity contribution in [1.29, 1.82) is 0 Å². The first-order chi connectivity index (χ1) is 8.69. The van der Waals surface area contributed by atoms with Gasteiger partial charge in [-0.1, -0.05) is 6.07 Å². The summed E-state index contributed by atoms with van der Waals surface area (Å²) in [7, 11) is 1.80. The predicted octanol–water partition coefficient (Wildman–Crippen LogP) is 2.66. The Balaban J connectivity index is 2.21. The number of oxazole rings is 1. The molecule has 1 aromatic heterocycles. The van der Waals surface area contributed by atoms with E-state index in [1.165, 1.54) is 18.4 Å². The van der Waals surface area contributed by atoms with E-state index in [2.05, 4.69) is 15.0 Å². The predicted molar refractivity (Wildman–Crippen MR) is 61.3 cm³/mol. The van der Waals surface area contributed by atoms with Gasteiger partial charge in [0.25, 0.3) is 0 Å². The van der Waals surface area contributed by atoms with E-state index in [4.69, 9.17) is 4.42 Å². The maximum atomic E-state index is 12.1. The zero-order valence-electron chi connectivity index (χ0n) is 9.69. The van der Waals surface area contributed by atoms with Crippen LogP contribution in [0.25, 0.3) is 11.5 Å². The second-order valence-corrected chi connectivity index (χ2v) is 3.58. The Morgan fingerprint density at radius 1 is 1.44 bits per heavy atom. The minimum Gasteiger partial charge on any atom is -0.444 e. The van der Waals surface area contributed by atoms with Crippen LogP contribution in [0, 0.1) is 0 Å². The quantitative estimate of drug-likeness (QED) is 0.891. The number of benzene rings is 1. The highest BCUT2D eigenvalue weighted by Gasteiger charge is 2.09. The highest BCUT2D eigenvalue weighted by Crippen LogP contribution is 2.24. The SMILES string of the molecule is CNCc1coc(-c2cccc(OC(F)F)c2)n1. The number of hydrogen-bond donors (Lipinski definition) is 1. The second kappa shape index (κ2) is 5.59. The molecule has 0 unspecified atom stereocenters. The van der Waals surface area contributed by atoms with Crippen LogP contribution in [0.4, 0.5) is 8.78 Å². The van der Waals surface area contributed by atoms with Gasteiger partial charge in [0.05, 0.1) is 5.69 Å². The van der Waals surface area contributed by atoms with Gasteiger partial charge in [0, 0.05) is 12.1 Å². The molecule has 1 N–H and O–H groups in total. The van der Waals surface area contributed by atoms with E-state index in [1.54, 1.807) is 19.2 Å². The average Bonchev–Trinajstić information content (AvgIpc) is 2.78. The van der Waals surface area contributed by atoms with Gasteiger partial charge in [-0.25, -0.2) is 4.98 Å². The van der Waals surface area contributed by atoms with Crippen LogP contribution in [0.15, 0.2) is 34.9 Å². The number of ether oxygens (including phenoxy) is 1. The largest absolute Gasteiger partial charge is 0.444 e. The van der Waals surface area contributed by atoms with Crippen LogP contribution >= 0.6 is 0 Å². The van der Waals surface area contributed by atoms with Gasteiger partial charge in [-0.2, -0.15) is 8.78 Å². The molecule has 4 nitrogen and oxygen atoms in total. The van der Waals surface area contributed by atoms with Crippen LogP contribution < -0.4 is 10.1 Å². The molecule has 18 heavy (non-hydrogen) atoms. The highest BCUT2D eigenvalue weighted by molar-refractivity contribution is 5.55. The minimum atomic E-state index is -2.84. The van der Waals surface area contributed by atoms with Crippen molar-refractivity contribution < 1.29 is 17.9 Å². The van der Waals surface area contributed by atoms with Crippen molar-refractivity contribution in [3.05, 3.63) is 36.2 Å². The van der Waals surface area contributed by atoms with Crippen molar-refractivity contribution in [2.24, 2.45) is 0 Å². The summed E-state index contributed by atoms with van der Waals surface area (Å²) in [6, 6.07) is 6.23. The zero-order chi connectivity index (χ0) is 13.0. The monoisotopic (exact) mass is 254 g/mol. The molecule has 0 aliphatic heterocycles. The molecular formula is C12H12F2N2O2. The number of nitrogens with zero attached hydrogens (tertiary/aromatic N) is 1. The number of halogens is 2. The fraction of sp³-hybridized carbons (Fsp3) is 0.250. The molecule has 2 aromatic rings. The molecule has 0 fully saturated rings. The molecule has 2 rings (SSSR count). The van der Waals surface area contributed by atoms with Gasteiger partial charge in [0.2, 0.25) is 5.89 Å². The molecule has 0 saturated carbocycles. The Bertz CT molecular complexity index is 514. The summed E-state index contributed by atoms with van der Waals surface area (Å²) in [5.41, 5.74) is 1.34. The van der Waals surface area contributed by atoms with Gasteiger partial charge in [-0.3, -0.25) is 0 Å². The number of rotatable bonds is 5. The maximum Gasteiger partial charge on any atom is 0.387 e.